The molecule has 3 nitrogen and oxygen atoms in total. The first-order chi connectivity index (χ1) is 9.02. The van der Waals surface area contributed by atoms with Crippen molar-refractivity contribution >= 4 is 56.5 Å². The Morgan fingerprint density at radius 1 is 0.947 bits per heavy atom. The predicted octanol–water partition coefficient (Wildman–Crippen LogP) is 5.40. The zero-order chi connectivity index (χ0) is 13.8. The summed E-state index contributed by atoms with van der Waals surface area (Å²) >= 11 is 15.0. The van der Waals surface area contributed by atoms with E-state index in [0.717, 1.165) is 4.47 Å². The Hall–Kier alpha value is -1.23. The topological polar surface area (TPSA) is 41.1 Å². The van der Waals surface area contributed by atoms with Crippen molar-refractivity contribution in [3.8, 4) is 0 Å². The number of hydrogen-bond donors (Lipinski definition) is 2. The van der Waals surface area contributed by atoms with Gasteiger partial charge in [0.05, 0.1) is 0 Å². The van der Waals surface area contributed by atoms with Crippen molar-refractivity contribution in [2.45, 2.75) is 0 Å². The standard InChI is InChI=1S/C13H9BrCl2N2O/c14-8-4-10(16)7-12(5-8)18-13(19)17-11-3-1-2-9(15)6-11/h1-7H,(H2,17,18,19). The number of urea groups is 1. The van der Waals surface area contributed by atoms with Crippen LogP contribution in [0.1, 0.15) is 0 Å². The van der Waals surface area contributed by atoms with Crippen LogP contribution in [0.15, 0.2) is 46.9 Å². The molecule has 0 saturated carbocycles. The molecule has 0 saturated heterocycles. The van der Waals surface area contributed by atoms with Crippen LogP contribution in [0.25, 0.3) is 0 Å². The van der Waals surface area contributed by atoms with Crippen molar-refractivity contribution in [2.24, 2.45) is 0 Å². The maximum atomic E-state index is 11.8. The molecule has 0 atom stereocenters. The minimum Gasteiger partial charge on any atom is -0.308 e. The zero-order valence-corrected chi connectivity index (χ0v) is 12.7. The van der Waals surface area contributed by atoms with Crippen molar-refractivity contribution in [3.05, 3.63) is 57.0 Å². The molecule has 2 rings (SSSR count). The van der Waals surface area contributed by atoms with Gasteiger partial charge in [0.2, 0.25) is 0 Å². The van der Waals surface area contributed by atoms with Crippen LogP contribution in [0, 0.1) is 0 Å². The molecule has 0 fully saturated rings. The van der Waals surface area contributed by atoms with Crippen LogP contribution in [0.4, 0.5) is 16.2 Å². The van der Waals surface area contributed by atoms with Crippen LogP contribution in [0.3, 0.4) is 0 Å². The maximum Gasteiger partial charge on any atom is 0.323 e. The predicted molar refractivity (Wildman–Crippen MR) is 83.2 cm³/mol. The summed E-state index contributed by atoms with van der Waals surface area (Å²) in [6.07, 6.45) is 0. The molecule has 6 heteroatoms. The highest BCUT2D eigenvalue weighted by Gasteiger charge is 2.04. The SMILES string of the molecule is O=C(Nc1cccc(Cl)c1)Nc1cc(Cl)cc(Br)c1. The molecule has 2 aromatic carbocycles. The Bertz CT molecular complexity index is 599. The Labute approximate surface area is 129 Å². The number of nitrogens with one attached hydrogen (secondary N) is 2. The number of hydrogen-bond acceptors (Lipinski definition) is 1. The summed E-state index contributed by atoms with van der Waals surface area (Å²) in [6, 6.07) is 11.7. The summed E-state index contributed by atoms with van der Waals surface area (Å²) in [7, 11) is 0. The van der Waals surface area contributed by atoms with E-state index in [1.54, 1.807) is 42.5 Å². The largest absolute Gasteiger partial charge is 0.323 e. The fourth-order valence-corrected chi connectivity index (χ4v) is 2.54. The van der Waals surface area contributed by atoms with Crippen LogP contribution in [-0.4, -0.2) is 6.03 Å². The fraction of sp³-hybridized carbons (Fsp3) is 0. The van der Waals surface area contributed by atoms with Crippen LogP contribution in [-0.2, 0) is 0 Å². The Kier molecular flexibility index (Phi) is 4.69. The number of anilines is 2. The van der Waals surface area contributed by atoms with E-state index in [9.17, 15) is 4.79 Å². The van der Waals surface area contributed by atoms with Crippen molar-refractivity contribution in [3.63, 3.8) is 0 Å². The van der Waals surface area contributed by atoms with E-state index in [2.05, 4.69) is 26.6 Å². The second-order valence-electron chi connectivity index (χ2n) is 3.75. The molecule has 0 aliphatic rings. The van der Waals surface area contributed by atoms with Crippen molar-refractivity contribution < 1.29 is 4.79 Å². The first-order valence-electron chi connectivity index (χ1n) is 5.32. The molecule has 2 aromatic rings. The molecule has 2 amide bonds. The molecule has 0 aliphatic carbocycles. The van der Waals surface area contributed by atoms with Crippen LogP contribution < -0.4 is 10.6 Å². The van der Waals surface area contributed by atoms with Gasteiger partial charge >= 0.3 is 6.03 Å². The number of halogens is 3. The summed E-state index contributed by atoms with van der Waals surface area (Å²) in [5, 5.41) is 6.45. The van der Waals surface area contributed by atoms with Gasteiger partial charge in [-0.3, -0.25) is 0 Å². The molecular formula is C13H9BrCl2N2O. The highest BCUT2D eigenvalue weighted by molar-refractivity contribution is 9.10. The van der Waals surface area contributed by atoms with E-state index in [-0.39, 0.29) is 6.03 Å². The van der Waals surface area contributed by atoms with Gasteiger partial charge in [0, 0.05) is 25.9 Å². The van der Waals surface area contributed by atoms with Crippen molar-refractivity contribution in [1.29, 1.82) is 0 Å². The van der Waals surface area contributed by atoms with Gasteiger partial charge in [-0.05, 0) is 36.4 Å². The third kappa shape index (κ3) is 4.42. The molecule has 0 aromatic heterocycles. The average molecular weight is 360 g/mol. The second kappa shape index (κ2) is 6.28. The highest BCUT2D eigenvalue weighted by Crippen LogP contribution is 2.23. The van der Waals surface area contributed by atoms with Gasteiger partial charge in [0.25, 0.3) is 0 Å². The monoisotopic (exact) mass is 358 g/mol. The lowest BCUT2D eigenvalue weighted by Crippen LogP contribution is -2.19. The Morgan fingerprint density at radius 3 is 2.32 bits per heavy atom. The quantitative estimate of drug-likeness (QED) is 0.740. The normalized spacial score (nSPS) is 10.1. The molecule has 0 spiro atoms. The smallest absolute Gasteiger partial charge is 0.308 e. The molecule has 0 heterocycles. The zero-order valence-electron chi connectivity index (χ0n) is 9.58. The Morgan fingerprint density at radius 2 is 1.63 bits per heavy atom. The highest BCUT2D eigenvalue weighted by atomic mass is 79.9. The third-order valence-corrected chi connectivity index (χ3v) is 3.11. The first-order valence-corrected chi connectivity index (χ1v) is 6.87. The average Bonchev–Trinajstić information content (AvgIpc) is 2.26. The minimum absolute atomic E-state index is 0.364. The summed E-state index contributed by atoms with van der Waals surface area (Å²) in [5.41, 5.74) is 1.21. The van der Waals surface area contributed by atoms with Gasteiger partial charge in [-0.25, -0.2) is 4.79 Å². The summed E-state index contributed by atoms with van der Waals surface area (Å²) < 4.78 is 0.790. The van der Waals surface area contributed by atoms with E-state index < -0.39 is 0 Å². The molecule has 98 valence electrons. The van der Waals surface area contributed by atoms with Gasteiger partial charge in [0.1, 0.15) is 0 Å². The van der Waals surface area contributed by atoms with Gasteiger partial charge in [-0.1, -0.05) is 45.2 Å². The summed E-state index contributed by atoms with van der Waals surface area (Å²) in [6.45, 7) is 0. The van der Waals surface area contributed by atoms with E-state index in [1.165, 1.54) is 0 Å². The van der Waals surface area contributed by atoms with E-state index >= 15 is 0 Å². The fourth-order valence-electron chi connectivity index (χ4n) is 1.49. The van der Waals surface area contributed by atoms with Crippen LogP contribution >= 0.6 is 39.1 Å². The van der Waals surface area contributed by atoms with Gasteiger partial charge < -0.3 is 10.6 Å². The van der Waals surface area contributed by atoms with Crippen LogP contribution in [0.5, 0.6) is 0 Å². The van der Waals surface area contributed by atoms with Crippen molar-refractivity contribution in [2.75, 3.05) is 10.6 Å². The molecule has 0 radical (unpaired) electrons. The number of carbonyl (C=O) groups is 1. The molecule has 2 N–H and O–H groups in total. The first kappa shape index (κ1) is 14.2. The van der Waals surface area contributed by atoms with E-state index in [1.807, 2.05) is 0 Å². The van der Waals surface area contributed by atoms with Gasteiger partial charge in [-0.2, -0.15) is 0 Å². The molecule has 0 bridgehead atoms. The maximum absolute atomic E-state index is 11.8. The minimum atomic E-state index is -0.364. The van der Waals surface area contributed by atoms with Crippen LogP contribution in [0.2, 0.25) is 10.0 Å². The number of amides is 2. The number of benzene rings is 2. The molecule has 0 aliphatic heterocycles. The lowest BCUT2D eigenvalue weighted by Gasteiger charge is -2.08. The lowest BCUT2D eigenvalue weighted by atomic mass is 10.3. The van der Waals surface area contributed by atoms with Gasteiger partial charge in [-0.15, -0.1) is 0 Å². The van der Waals surface area contributed by atoms with E-state index in [0.29, 0.717) is 21.4 Å². The van der Waals surface area contributed by atoms with Crippen molar-refractivity contribution in [1.82, 2.24) is 0 Å². The molecule has 19 heavy (non-hydrogen) atoms. The number of carbonyl (C=O) groups excluding carboxylic acids is 1. The third-order valence-electron chi connectivity index (χ3n) is 2.20. The summed E-state index contributed by atoms with van der Waals surface area (Å²) in [4.78, 5) is 11.8. The van der Waals surface area contributed by atoms with E-state index in [4.69, 9.17) is 23.2 Å². The molecular weight excluding hydrogens is 351 g/mol. The molecule has 0 unspecified atom stereocenters. The van der Waals surface area contributed by atoms with Gasteiger partial charge in [0.15, 0.2) is 0 Å². The summed E-state index contributed by atoms with van der Waals surface area (Å²) in [5.74, 6) is 0. The second-order valence-corrected chi connectivity index (χ2v) is 5.54. The Balaban J connectivity index is 2.05. The number of rotatable bonds is 2. The lowest BCUT2D eigenvalue weighted by molar-refractivity contribution is 0.262.